The highest BCUT2D eigenvalue weighted by molar-refractivity contribution is 7.12. The van der Waals surface area contributed by atoms with Crippen molar-refractivity contribution in [1.82, 2.24) is 9.80 Å². The number of nitriles is 2. The topological polar surface area (TPSA) is 88.2 Å². The molecule has 6 nitrogen and oxygen atoms in total. The summed E-state index contributed by atoms with van der Waals surface area (Å²) < 4.78 is 0. The van der Waals surface area contributed by atoms with Crippen LogP contribution in [0.25, 0.3) is 0 Å². The quantitative estimate of drug-likeness (QED) is 0.792. The van der Waals surface area contributed by atoms with Gasteiger partial charge in [-0.3, -0.25) is 9.59 Å². The number of rotatable bonds is 6. The number of piperidine rings is 1. The average molecular weight is 344 g/mol. The van der Waals surface area contributed by atoms with Crippen molar-refractivity contribution in [1.29, 1.82) is 10.5 Å². The van der Waals surface area contributed by atoms with Gasteiger partial charge in [0.15, 0.2) is 0 Å². The summed E-state index contributed by atoms with van der Waals surface area (Å²) in [6.45, 7) is 1.87. The second kappa shape index (κ2) is 9.05. The molecule has 1 aliphatic heterocycles. The van der Waals surface area contributed by atoms with Gasteiger partial charge in [0.1, 0.15) is 0 Å². The lowest BCUT2D eigenvalue weighted by molar-refractivity contribution is -0.136. The van der Waals surface area contributed by atoms with E-state index in [1.54, 1.807) is 9.80 Å². The lowest BCUT2D eigenvalue weighted by atomic mass is 9.95. The van der Waals surface area contributed by atoms with Gasteiger partial charge >= 0.3 is 0 Å². The summed E-state index contributed by atoms with van der Waals surface area (Å²) in [5.74, 6) is -0.0970. The van der Waals surface area contributed by atoms with Crippen LogP contribution >= 0.6 is 11.3 Å². The smallest absolute Gasteiger partial charge is 0.263 e. The molecule has 1 saturated heterocycles. The Morgan fingerprint density at radius 3 is 2.33 bits per heavy atom. The van der Waals surface area contributed by atoms with Crippen LogP contribution in [-0.2, 0) is 4.79 Å². The summed E-state index contributed by atoms with van der Waals surface area (Å²) in [6, 6.07) is 7.76. The molecule has 0 aliphatic carbocycles. The molecule has 0 aromatic carbocycles. The Balaban J connectivity index is 1.89. The van der Waals surface area contributed by atoms with Crippen LogP contribution in [0.15, 0.2) is 17.5 Å². The minimum absolute atomic E-state index is 0.00345. The molecule has 2 rings (SSSR count). The van der Waals surface area contributed by atoms with Gasteiger partial charge in [0.2, 0.25) is 5.91 Å². The van der Waals surface area contributed by atoms with Crippen LogP contribution in [0.4, 0.5) is 0 Å². The SMILES string of the molecule is N#CCCN(CCC#N)C(=O)C1CCN(C(=O)c2cccs2)CC1. The maximum absolute atomic E-state index is 12.6. The molecule has 126 valence electrons. The Hall–Kier alpha value is -2.38. The van der Waals surface area contributed by atoms with E-state index in [1.807, 2.05) is 29.7 Å². The number of nitrogens with zero attached hydrogens (tertiary/aromatic N) is 4. The van der Waals surface area contributed by atoms with Gasteiger partial charge in [-0.15, -0.1) is 11.3 Å². The standard InChI is InChI=1S/C17H20N4O2S/c18-7-2-9-20(10-3-8-19)16(22)14-5-11-21(12-6-14)17(23)15-4-1-13-24-15/h1,4,13-14H,2-3,5-6,9-12H2. The highest BCUT2D eigenvalue weighted by atomic mass is 32.1. The molecular weight excluding hydrogens is 324 g/mol. The van der Waals surface area contributed by atoms with Gasteiger partial charge in [0.05, 0.1) is 29.9 Å². The Morgan fingerprint density at radius 1 is 1.21 bits per heavy atom. The van der Waals surface area contributed by atoms with Crippen LogP contribution in [0, 0.1) is 28.6 Å². The van der Waals surface area contributed by atoms with E-state index >= 15 is 0 Å². The van der Waals surface area contributed by atoms with Crippen molar-refractivity contribution in [2.45, 2.75) is 25.7 Å². The van der Waals surface area contributed by atoms with Crippen molar-refractivity contribution in [3.05, 3.63) is 22.4 Å². The van der Waals surface area contributed by atoms with Crippen molar-refractivity contribution >= 4 is 23.2 Å². The van der Waals surface area contributed by atoms with Crippen molar-refractivity contribution < 1.29 is 9.59 Å². The lowest BCUT2D eigenvalue weighted by Crippen LogP contribution is -2.44. The molecule has 1 aromatic heterocycles. The van der Waals surface area contributed by atoms with Gasteiger partial charge < -0.3 is 9.80 Å². The van der Waals surface area contributed by atoms with E-state index in [0.29, 0.717) is 39.0 Å². The zero-order valence-electron chi connectivity index (χ0n) is 13.5. The van der Waals surface area contributed by atoms with Crippen LogP contribution in [0.5, 0.6) is 0 Å². The van der Waals surface area contributed by atoms with Crippen LogP contribution in [0.1, 0.15) is 35.4 Å². The van der Waals surface area contributed by atoms with Gasteiger partial charge in [-0.2, -0.15) is 10.5 Å². The molecule has 7 heteroatoms. The summed E-state index contributed by atoms with van der Waals surface area (Å²) in [5.41, 5.74) is 0. The first-order valence-electron chi connectivity index (χ1n) is 8.03. The Morgan fingerprint density at radius 2 is 1.83 bits per heavy atom. The van der Waals surface area contributed by atoms with E-state index < -0.39 is 0 Å². The summed E-state index contributed by atoms with van der Waals surface area (Å²) in [7, 11) is 0. The van der Waals surface area contributed by atoms with Crippen LogP contribution < -0.4 is 0 Å². The van der Waals surface area contributed by atoms with E-state index in [1.165, 1.54) is 11.3 Å². The Labute approximate surface area is 145 Å². The van der Waals surface area contributed by atoms with Gasteiger partial charge in [0, 0.05) is 32.1 Å². The zero-order chi connectivity index (χ0) is 17.4. The number of hydrogen-bond donors (Lipinski definition) is 0. The predicted molar refractivity (Wildman–Crippen MR) is 90.0 cm³/mol. The highest BCUT2D eigenvalue weighted by Crippen LogP contribution is 2.22. The van der Waals surface area contributed by atoms with Crippen molar-refractivity contribution in [2.75, 3.05) is 26.2 Å². The molecule has 0 unspecified atom stereocenters. The third kappa shape index (κ3) is 4.56. The number of carbonyl (C=O) groups excluding carboxylic acids is 2. The average Bonchev–Trinajstić information content (AvgIpc) is 3.15. The number of thiophene rings is 1. The molecule has 0 radical (unpaired) electrons. The molecular formula is C17H20N4O2S. The summed E-state index contributed by atoms with van der Waals surface area (Å²) in [5, 5.41) is 19.3. The largest absolute Gasteiger partial charge is 0.340 e. The Bertz CT molecular complexity index is 619. The molecule has 0 atom stereocenters. The molecule has 0 N–H and O–H groups in total. The van der Waals surface area contributed by atoms with Gasteiger partial charge in [0.25, 0.3) is 5.91 Å². The van der Waals surface area contributed by atoms with Crippen molar-refractivity contribution in [3.8, 4) is 12.1 Å². The fourth-order valence-electron chi connectivity index (χ4n) is 2.85. The van der Waals surface area contributed by atoms with E-state index in [9.17, 15) is 9.59 Å². The molecule has 1 aliphatic rings. The van der Waals surface area contributed by atoms with Gasteiger partial charge in [-0.25, -0.2) is 0 Å². The first kappa shape index (κ1) is 18.0. The fraction of sp³-hybridized carbons (Fsp3) is 0.529. The van der Waals surface area contributed by atoms with Crippen LogP contribution in [0.2, 0.25) is 0 Å². The minimum Gasteiger partial charge on any atom is -0.340 e. The van der Waals surface area contributed by atoms with Crippen LogP contribution in [-0.4, -0.2) is 47.8 Å². The van der Waals surface area contributed by atoms with Gasteiger partial charge in [-0.1, -0.05) is 6.07 Å². The molecule has 0 spiro atoms. The number of hydrogen-bond acceptors (Lipinski definition) is 5. The zero-order valence-corrected chi connectivity index (χ0v) is 14.3. The summed E-state index contributed by atoms with van der Waals surface area (Å²) in [4.78, 5) is 29.1. The maximum atomic E-state index is 12.6. The summed E-state index contributed by atoms with van der Waals surface area (Å²) >= 11 is 1.43. The molecule has 1 aromatic rings. The fourth-order valence-corrected chi connectivity index (χ4v) is 3.54. The van der Waals surface area contributed by atoms with Gasteiger partial charge in [-0.05, 0) is 24.3 Å². The maximum Gasteiger partial charge on any atom is 0.263 e. The lowest BCUT2D eigenvalue weighted by Gasteiger charge is -2.33. The molecule has 2 amide bonds. The van der Waals surface area contributed by atoms with E-state index in [0.717, 1.165) is 4.88 Å². The minimum atomic E-state index is -0.130. The van der Waals surface area contributed by atoms with E-state index in [-0.39, 0.29) is 30.6 Å². The molecule has 0 bridgehead atoms. The molecule has 0 saturated carbocycles. The number of likely N-dealkylation sites (tertiary alicyclic amines) is 1. The summed E-state index contributed by atoms with van der Waals surface area (Å²) in [6.07, 6.45) is 1.80. The monoisotopic (exact) mass is 344 g/mol. The number of carbonyl (C=O) groups is 2. The first-order valence-corrected chi connectivity index (χ1v) is 8.90. The second-order valence-corrected chi connectivity index (χ2v) is 6.63. The highest BCUT2D eigenvalue weighted by Gasteiger charge is 2.30. The van der Waals surface area contributed by atoms with Crippen molar-refractivity contribution in [2.24, 2.45) is 5.92 Å². The molecule has 1 fully saturated rings. The number of amides is 2. The normalized spacial score (nSPS) is 14.7. The third-order valence-corrected chi connectivity index (χ3v) is 5.02. The van der Waals surface area contributed by atoms with Crippen molar-refractivity contribution in [3.63, 3.8) is 0 Å². The Kier molecular flexibility index (Phi) is 6.77. The second-order valence-electron chi connectivity index (χ2n) is 5.69. The van der Waals surface area contributed by atoms with Crippen LogP contribution in [0.3, 0.4) is 0 Å². The predicted octanol–water partition coefficient (Wildman–Crippen LogP) is 2.26. The molecule has 24 heavy (non-hydrogen) atoms. The van der Waals surface area contributed by atoms with E-state index in [4.69, 9.17) is 10.5 Å². The third-order valence-electron chi connectivity index (χ3n) is 4.16. The first-order chi connectivity index (χ1) is 11.7. The molecule has 2 heterocycles. The van der Waals surface area contributed by atoms with E-state index in [2.05, 4.69) is 0 Å².